The van der Waals surface area contributed by atoms with Crippen LogP contribution < -0.4 is 10.2 Å². The van der Waals surface area contributed by atoms with Crippen LogP contribution in [0.3, 0.4) is 0 Å². The number of benzene rings is 1. The number of anilines is 1. The molecule has 3 aliphatic rings. The molecule has 0 unspecified atom stereocenters. The van der Waals surface area contributed by atoms with Crippen LogP contribution in [-0.4, -0.2) is 60.6 Å². The first kappa shape index (κ1) is 27.3. The van der Waals surface area contributed by atoms with E-state index in [2.05, 4.69) is 10.3 Å². The fourth-order valence-electron chi connectivity index (χ4n) is 6.28. The maximum absolute atomic E-state index is 13.9. The number of pyridine rings is 1. The molecule has 1 N–H and O–H groups in total. The first-order valence-corrected chi connectivity index (χ1v) is 13.6. The number of aromatic nitrogens is 1. The van der Waals surface area contributed by atoms with Crippen molar-refractivity contribution >= 4 is 35.2 Å². The third kappa shape index (κ3) is 5.18. The highest BCUT2D eigenvalue weighted by molar-refractivity contribution is 6.30. The van der Waals surface area contributed by atoms with Crippen molar-refractivity contribution in [1.82, 2.24) is 15.2 Å². The van der Waals surface area contributed by atoms with Crippen LogP contribution in [0.5, 0.6) is 0 Å². The predicted octanol–water partition coefficient (Wildman–Crippen LogP) is 5.11. The van der Waals surface area contributed by atoms with Crippen molar-refractivity contribution in [2.24, 2.45) is 5.92 Å². The third-order valence-corrected chi connectivity index (χ3v) is 8.58. The fraction of sp³-hybridized carbons (Fsp3) is 0.500. The van der Waals surface area contributed by atoms with Crippen LogP contribution in [0.25, 0.3) is 0 Å². The van der Waals surface area contributed by atoms with Gasteiger partial charge in [-0.2, -0.15) is 0 Å². The summed E-state index contributed by atoms with van der Waals surface area (Å²) in [5, 5.41) is 2.99. The zero-order valence-corrected chi connectivity index (χ0v) is 22.4. The van der Waals surface area contributed by atoms with E-state index in [4.69, 9.17) is 16.3 Å². The van der Waals surface area contributed by atoms with Crippen molar-refractivity contribution in [2.75, 3.05) is 31.6 Å². The van der Waals surface area contributed by atoms with E-state index in [9.17, 15) is 23.2 Å². The van der Waals surface area contributed by atoms with Crippen LogP contribution in [0.4, 0.5) is 19.3 Å². The topological polar surface area (TPSA) is 91.8 Å². The molecular formula is C28H31ClF2N4O4. The van der Waals surface area contributed by atoms with Crippen molar-refractivity contribution in [1.29, 1.82) is 0 Å². The highest BCUT2D eigenvalue weighted by Crippen LogP contribution is 2.48. The standard InChI is InChI=1S/C28H31ClF2N4O4/c1-39-27(38)34-12-10-28(11-13-34)21-4-2-3-5-22(21)35(26(28)37)16-17-6-8-19(9-7-17)33-25(36)20-14-18(29)15-32-23(20)24(30)31/h2-5,14-15,17,19,24H,6-13,16H2,1H3,(H,33,36)/t17-,19-. The number of fused-ring (bicyclic) bond motifs is 2. The minimum Gasteiger partial charge on any atom is -0.453 e. The molecule has 0 bridgehead atoms. The van der Waals surface area contributed by atoms with Gasteiger partial charge in [0, 0.05) is 37.6 Å². The van der Waals surface area contributed by atoms with Crippen LogP contribution in [-0.2, 0) is 14.9 Å². The monoisotopic (exact) mass is 560 g/mol. The Hall–Kier alpha value is -3.27. The van der Waals surface area contributed by atoms with Crippen LogP contribution in [0, 0.1) is 5.92 Å². The number of piperidine rings is 1. The molecule has 0 radical (unpaired) electrons. The maximum atomic E-state index is 13.9. The summed E-state index contributed by atoms with van der Waals surface area (Å²) in [6.07, 6.45) is 1.88. The molecule has 3 heterocycles. The third-order valence-electron chi connectivity index (χ3n) is 8.37. The van der Waals surface area contributed by atoms with Gasteiger partial charge in [0.1, 0.15) is 5.69 Å². The summed E-state index contributed by atoms with van der Waals surface area (Å²) in [6, 6.07) is 8.96. The highest BCUT2D eigenvalue weighted by atomic mass is 35.5. The number of para-hydroxylation sites is 1. The molecule has 1 aromatic carbocycles. The molecule has 0 atom stereocenters. The summed E-state index contributed by atoms with van der Waals surface area (Å²) in [5.41, 5.74) is 0.521. The van der Waals surface area contributed by atoms with Crippen molar-refractivity contribution in [3.63, 3.8) is 0 Å². The van der Waals surface area contributed by atoms with Gasteiger partial charge in [-0.3, -0.25) is 14.6 Å². The Morgan fingerprint density at radius 1 is 1.18 bits per heavy atom. The molecule has 208 valence electrons. The van der Waals surface area contributed by atoms with Gasteiger partial charge < -0.3 is 19.9 Å². The number of rotatable bonds is 5. The molecule has 1 spiro atoms. The molecule has 1 saturated carbocycles. The van der Waals surface area contributed by atoms with Crippen LogP contribution in [0.1, 0.15) is 66.6 Å². The van der Waals surface area contributed by atoms with Gasteiger partial charge in [0.05, 0.1) is 23.1 Å². The van der Waals surface area contributed by atoms with E-state index in [-0.39, 0.29) is 34.5 Å². The van der Waals surface area contributed by atoms with E-state index >= 15 is 0 Å². The molecule has 39 heavy (non-hydrogen) atoms. The van der Waals surface area contributed by atoms with Crippen molar-refractivity contribution < 1.29 is 27.9 Å². The van der Waals surface area contributed by atoms with Crippen molar-refractivity contribution in [2.45, 2.75) is 56.4 Å². The van der Waals surface area contributed by atoms with Gasteiger partial charge in [0.15, 0.2) is 0 Å². The molecular weight excluding hydrogens is 530 g/mol. The number of amides is 3. The largest absolute Gasteiger partial charge is 0.453 e. The second-order valence-electron chi connectivity index (χ2n) is 10.6. The second kappa shape index (κ2) is 11.1. The van der Waals surface area contributed by atoms with Gasteiger partial charge in [-0.25, -0.2) is 13.6 Å². The lowest BCUT2D eigenvalue weighted by atomic mass is 9.73. The van der Waals surface area contributed by atoms with Gasteiger partial charge in [0.25, 0.3) is 12.3 Å². The van der Waals surface area contributed by atoms with Crippen LogP contribution in [0.15, 0.2) is 36.5 Å². The van der Waals surface area contributed by atoms with Gasteiger partial charge in [-0.15, -0.1) is 0 Å². The first-order chi connectivity index (χ1) is 18.7. The van der Waals surface area contributed by atoms with Crippen LogP contribution >= 0.6 is 11.6 Å². The average molecular weight is 561 g/mol. The lowest BCUT2D eigenvalue weighted by Gasteiger charge is -2.38. The van der Waals surface area contributed by atoms with E-state index in [1.807, 2.05) is 29.2 Å². The van der Waals surface area contributed by atoms with Gasteiger partial charge in [0.2, 0.25) is 5.91 Å². The molecule has 5 rings (SSSR count). The minimum absolute atomic E-state index is 0.0802. The minimum atomic E-state index is -2.88. The quantitative estimate of drug-likeness (QED) is 0.549. The van der Waals surface area contributed by atoms with E-state index in [1.165, 1.54) is 13.2 Å². The van der Waals surface area contributed by atoms with E-state index < -0.39 is 23.4 Å². The van der Waals surface area contributed by atoms with Crippen molar-refractivity contribution in [3.05, 3.63) is 58.4 Å². The zero-order valence-electron chi connectivity index (χ0n) is 21.7. The normalized spacial score (nSPS) is 22.2. The van der Waals surface area contributed by atoms with E-state index in [0.29, 0.717) is 45.3 Å². The Morgan fingerprint density at radius 2 is 1.87 bits per heavy atom. The number of halogens is 3. The zero-order chi connectivity index (χ0) is 27.7. The number of ether oxygens (including phenoxy) is 1. The smallest absolute Gasteiger partial charge is 0.409 e. The molecule has 1 aliphatic carbocycles. The van der Waals surface area contributed by atoms with Gasteiger partial charge in [-0.05, 0) is 62.1 Å². The Labute approximate surface area is 230 Å². The summed E-state index contributed by atoms with van der Waals surface area (Å²) < 4.78 is 31.5. The van der Waals surface area contributed by atoms with Gasteiger partial charge in [-0.1, -0.05) is 29.8 Å². The number of hydrogen-bond donors (Lipinski definition) is 1. The summed E-state index contributed by atoms with van der Waals surface area (Å²) >= 11 is 5.90. The van der Waals surface area contributed by atoms with Gasteiger partial charge >= 0.3 is 6.09 Å². The lowest BCUT2D eigenvalue weighted by Crippen LogP contribution is -2.50. The number of carbonyl (C=O) groups excluding carboxylic acids is 3. The van der Waals surface area contributed by atoms with E-state index in [0.717, 1.165) is 30.3 Å². The number of methoxy groups -OCH3 is 1. The Morgan fingerprint density at radius 3 is 2.54 bits per heavy atom. The number of likely N-dealkylation sites (tertiary alicyclic amines) is 1. The molecule has 11 heteroatoms. The summed E-state index contributed by atoms with van der Waals surface area (Å²) in [7, 11) is 1.36. The summed E-state index contributed by atoms with van der Waals surface area (Å²) in [4.78, 5) is 45.8. The molecule has 8 nitrogen and oxygen atoms in total. The van der Waals surface area contributed by atoms with E-state index in [1.54, 1.807) is 4.90 Å². The molecule has 1 aromatic heterocycles. The van der Waals surface area contributed by atoms with Crippen LogP contribution in [0.2, 0.25) is 5.02 Å². The molecule has 2 fully saturated rings. The summed E-state index contributed by atoms with van der Waals surface area (Å²) in [5.74, 6) is -0.283. The summed E-state index contributed by atoms with van der Waals surface area (Å²) in [6.45, 7) is 1.49. The Balaban J connectivity index is 1.22. The lowest BCUT2D eigenvalue weighted by molar-refractivity contribution is -0.125. The molecule has 2 aromatic rings. The predicted molar refractivity (Wildman–Crippen MR) is 141 cm³/mol. The number of alkyl halides is 2. The molecule has 3 amide bonds. The number of carbonyl (C=O) groups is 3. The molecule has 1 saturated heterocycles. The molecule has 2 aliphatic heterocycles. The average Bonchev–Trinajstić information content (AvgIpc) is 3.16. The second-order valence-corrected chi connectivity index (χ2v) is 11.0. The number of nitrogens with one attached hydrogen (secondary N) is 1. The number of hydrogen-bond acceptors (Lipinski definition) is 5. The first-order valence-electron chi connectivity index (χ1n) is 13.2. The number of nitrogens with zero attached hydrogens (tertiary/aromatic N) is 3. The maximum Gasteiger partial charge on any atom is 0.409 e. The fourth-order valence-corrected chi connectivity index (χ4v) is 6.44. The Kier molecular flexibility index (Phi) is 7.75. The Bertz CT molecular complexity index is 1260. The SMILES string of the molecule is COC(=O)N1CCC2(CC1)C(=O)N(C[C@H]1CC[C@H](NC(=O)c3cc(Cl)cnc3C(F)F)CC1)c1ccccc12. The van der Waals surface area contributed by atoms with Crippen molar-refractivity contribution in [3.8, 4) is 0 Å². The highest BCUT2D eigenvalue weighted by Gasteiger charge is 2.52.